The number of fused-ring (bicyclic) bond motifs is 1. The van der Waals surface area contributed by atoms with Crippen molar-refractivity contribution in [1.29, 1.82) is 0 Å². The number of non-ortho nitro benzene ring substituents is 1. The maximum absolute atomic E-state index is 10.9. The number of methoxy groups -OCH3 is 3. The van der Waals surface area contributed by atoms with Crippen molar-refractivity contribution in [2.75, 3.05) is 60.9 Å². The number of carbonyl (C=O) groups excluding carboxylic acids is 11. The van der Waals surface area contributed by atoms with Crippen LogP contribution in [0.2, 0.25) is 0 Å². The third kappa shape index (κ3) is 61.3. The standard InChI is InChI=1S/C8H7N3O3.C8H7NO4.C7H9NO3.C6H7NO2.C5H6N2O2.C4H8O.C3H8N2O.C3H6O2.C3H6O.C2H7NO.C2H7N.C2H6S.CH5N.CH3O3S.Y/c1-13-8(12)14-11-7-5-3-2-4-6(7)9-10-11;1-13-8(10)6-2-4-7(5-3-6)9(11)12;1-2-5(9)8-6(10)3-4-7(8)11;1-2-7-5(8)3-4-6(7)9;1-9-5(8)7-3-2-6-4-7;1-3-4(2)5;1-2-3(6)5-4;1-2-3(4)5;1-2-3-4;1-2-4-3;2*1-2-3;1-2;1-4-5(2)3;/h2-5H,1H3;2-5H,1H3;2-4H2,1H3;3-4H,2H2,1H3;2-4H,1H3;3H2,1-2H3;2,4H2,1H3,(H,5,6);2H2,1H3,(H,4,5);3H,2H2,1H3;2-3H2,1H3;2-3H2,1H3;3H,2H2,1H3;2H2,1H3;1H3;/q;;;;;;;;;;;;;-1;. The number of nitro groups is 1. The van der Waals surface area contributed by atoms with Gasteiger partial charge in [0.1, 0.15) is 29.4 Å². The number of aromatic nitrogens is 5. The second-order valence-electron chi connectivity index (χ2n) is 15.2. The fraction of sp³-hybridized carbons (Fsp3) is 0.473. The summed E-state index contributed by atoms with van der Waals surface area (Å²) in [5.74, 6) is 7.51. The Kier molecular flexibility index (Phi) is 82.2. The average molecular weight is 1460 g/mol. The summed E-state index contributed by atoms with van der Waals surface area (Å²) in [5, 5.41) is 25.4. The molecular weight excluding hydrogens is 1360 g/mol. The van der Waals surface area contributed by atoms with E-state index in [4.69, 9.17) is 24.1 Å². The number of ketones is 1. The number of para-hydroxylation sites is 1. The van der Waals surface area contributed by atoms with Gasteiger partial charge in [0.15, 0.2) is 0 Å². The molecular formula is C55H92N13O23S2Y-. The quantitative estimate of drug-likeness (QED) is 0.00946. The predicted molar refractivity (Wildman–Crippen MR) is 343 cm³/mol. The number of aldehydes is 1. The van der Waals surface area contributed by atoms with Crippen LogP contribution in [0.3, 0.4) is 0 Å². The minimum atomic E-state index is -2.32. The van der Waals surface area contributed by atoms with E-state index in [-0.39, 0.29) is 99.4 Å². The van der Waals surface area contributed by atoms with Gasteiger partial charge in [0, 0.05) is 128 Å². The van der Waals surface area contributed by atoms with E-state index in [9.17, 15) is 67.6 Å². The maximum Gasteiger partial charge on any atom is 0.534 e. The first-order valence-corrected chi connectivity index (χ1v) is 29.0. The molecule has 0 unspecified atom stereocenters. The summed E-state index contributed by atoms with van der Waals surface area (Å²) in [5.41, 5.74) is 12.8. The number of hydrazine groups is 1. The maximum atomic E-state index is 10.9. The molecule has 4 heterocycles. The molecule has 531 valence electrons. The minimum Gasteiger partial charge on any atom is -0.481 e. The normalized spacial score (nSPS) is 10.2. The van der Waals surface area contributed by atoms with Gasteiger partial charge in [-0.25, -0.2) is 40.6 Å². The van der Waals surface area contributed by atoms with Crippen LogP contribution in [0.15, 0.2) is 79.4 Å². The number of likely N-dealkylation sites (tertiary alicyclic amines) is 1. The molecule has 94 heavy (non-hydrogen) atoms. The van der Waals surface area contributed by atoms with E-state index >= 15 is 0 Å². The van der Waals surface area contributed by atoms with Gasteiger partial charge in [0.05, 0.1) is 49.4 Å². The van der Waals surface area contributed by atoms with E-state index in [2.05, 4.69) is 68.6 Å². The van der Waals surface area contributed by atoms with Gasteiger partial charge in [-0.05, 0) is 69.6 Å². The molecule has 4 aromatic rings. The van der Waals surface area contributed by atoms with Gasteiger partial charge in [-0.2, -0.15) is 12.6 Å². The third-order valence-corrected chi connectivity index (χ3v) is 8.88. The van der Waals surface area contributed by atoms with Crippen molar-refractivity contribution in [3.8, 4) is 0 Å². The largest absolute Gasteiger partial charge is 0.534 e. The second kappa shape index (κ2) is 73.8. The van der Waals surface area contributed by atoms with Crippen LogP contribution in [0, 0.1) is 10.1 Å². The smallest absolute Gasteiger partial charge is 0.481 e. The number of benzene rings is 2. The SMILES string of the molecule is CCC(=O)N1C(=O)CCC1=O.CCC(=O)NN.CCC(=O)O.CCC(C)=O.CCC=O.CCN.CCN1C(=O)C=CC1=O.CCON.CCS.CN.COC(=O)On1nnc2ccccc21.COC(=O)c1ccc([N+](=O)[O-])cc1.COC(=O)n1ccnc1.CO[S-](=O)=O.[Y]. The van der Waals surface area contributed by atoms with Crippen molar-refractivity contribution in [3.05, 3.63) is 95.1 Å². The number of carbonyl (C=O) groups is 12. The van der Waals surface area contributed by atoms with Crippen molar-refractivity contribution < 1.29 is 137 Å². The first kappa shape index (κ1) is 105. The number of thiol groups is 1. The molecule has 2 aliphatic heterocycles. The van der Waals surface area contributed by atoms with Crippen LogP contribution in [0.1, 0.15) is 125 Å². The zero-order chi connectivity index (χ0) is 73.9. The number of carboxylic acid groups (broad SMARTS) is 1. The summed E-state index contributed by atoms with van der Waals surface area (Å²) >= 11 is 3.79. The third-order valence-electron chi connectivity index (χ3n) is 8.61. The Morgan fingerprint density at radius 3 is 1.52 bits per heavy atom. The molecule has 2 aromatic heterocycles. The molecule has 0 aliphatic carbocycles. The van der Waals surface area contributed by atoms with Crippen molar-refractivity contribution in [3.63, 3.8) is 0 Å². The van der Waals surface area contributed by atoms with E-state index in [0.717, 1.165) is 35.4 Å². The molecule has 2 aromatic carbocycles. The van der Waals surface area contributed by atoms with Crippen molar-refractivity contribution in [1.82, 2.24) is 39.9 Å². The summed E-state index contributed by atoms with van der Waals surface area (Å²) in [7, 11) is 4.06. The molecule has 0 bridgehead atoms. The summed E-state index contributed by atoms with van der Waals surface area (Å²) < 4.78 is 36.3. The molecule has 39 heteroatoms. The number of likely N-dealkylation sites (N-methyl/N-ethyl adjacent to an activating group) is 1. The molecule has 1 radical (unpaired) electrons. The number of Topliss-reactive ketones (excluding diaryl/α,β-unsaturated/α-hetero) is 1. The van der Waals surface area contributed by atoms with Crippen LogP contribution in [-0.4, -0.2) is 177 Å². The number of nitrogens with two attached hydrogens (primary N) is 4. The number of aliphatic carboxylic acids is 1. The van der Waals surface area contributed by atoms with Crippen LogP contribution >= 0.6 is 12.6 Å². The zero-order valence-electron chi connectivity index (χ0n) is 55.6. The van der Waals surface area contributed by atoms with Crippen molar-refractivity contribution in [2.24, 2.45) is 23.2 Å². The number of nitrogens with one attached hydrogen (secondary N) is 1. The first-order chi connectivity index (χ1) is 44.0. The van der Waals surface area contributed by atoms with E-state index in [0.29, 0.717) is 49.0 Å². The zero-order valence-corrected chi connectivity index (χ0v) is 60.2. The summed E-state index contributed by atoms with van der Waals surface area (Å²) in [4.78, 5) is 150. The Balaban J connectivity index is -0.000000122. The van der Waals surface area contributed by atoms with Gasteiger partial charge >= 0.3 is 24.2 Å². The second-order valence-corrected chi connectivity index (χ2v) is 16.6. The number of imidazole rings is 1. The van der Waals surface area contributed by atoms with Gasteiger partial charge in [0.2, 0.25) is 23.6 Å². The fourth-order valence-electron chi connectivity index (χ4n) is 4.19. The molecule has 6 rings (SSSR count). The molecule has 2 aliphatic rings. The van der Waals surface area contributed by atoms with E-state index < -0.39 is 46.0 Å². The Labute approximate surface area is 578 Å². The topological polar surface area (TPSA) is 529 Å². The molecule has 0 atom stereocenters. The van der Waals surface area contributed by atoms with Crippen molar-refractivity contribution >= 4 is 112 Å². The molecule has 0 saturated carbocycles. The Morgan fingerprint density at radius 1 is 0.798 bits per heavy atom. The van der Waals surface area contributed by atoms with Gasteiger partial charge in [-0.1, -0.05) is 65.4 Å². The van der Waals surface area contributed by atoms with Gasteiger partial charge in [-0.3, -0.25) is 58.8 Å². The van der Waals surface area contributed by atoms with Crippen LogP contribution in [0.5, 0.6) is 0 Å². The van der Waals surface area contributed by atoms with Gasteiger partial charge in [-0.15, -0.1) is 5.10 Å². The molecule has 1 fully saturated rings. The number of nitrogens with zero attached hydrogens (tertiary/aromatic N) is 8. The molecule has 6 amide bonds. The van der Waals surface area contributed by atoms with Crippen LogP contribution in [0.25, 0.3) is 11.0 Å². The number of imide groups is 4. The molecule has 10 N–H and O–H groups in total. The minimum absolute atomic E-state index is 0. The van der Waals surface area contributed by atoms with Crippen LogP contribution in [0.4, 0.5) is 15.3 Å². The Hall–Kier alpha value is -8.21. The number of hydrogen-bond donors (Lipinski definition) is 7. The molecule has 1 saturated heterocycles. The van der Waals surface area contributed by atoms with Crippen LogP contribution < -0.4 is 33.5 Å². The fourth-order valence-corrected chi connectivity index (χ4v) is 4.19. The Bertz CT molecular complexity index is 2760. The monoisotopic (exact) mass is 1460 g/mol. The van der Waals surface area contributed by atoms with E-state index in [1.54, 1.807) is 52.8 Å². The number of nitro benzene ring substituents is 1. The number of esters is 1. The van der Waals surface area contributed by atoms with Gasteiger partial charge < -0.3 is 57.8 Å². The summed E-state index contributed by atoms with van der Waals surface area (Å²) in [6.45, 7) is 19.5. The number of ether oxygens (including phenoxy) is 3. The number of rotatable bonds is 11. The average Bonchev–Trinajstić information content (AvgIpc) is 1.70. The van der Waals surface area contributed by atoms with E-state index in [1.807, 2.05) is 46.1 Å². The first-order valence-electron chi connectivity index (χ1n) is 27.4. The number of amides is 6. The molecule has 36 nitrogen and oxygen atoms in total. The van der Waals surface area contributed by atoms with Crippen LogP contribution in [-0.2, 0) is 118 Å². The summed E-state index contributed by atoms with van der Waals surface area (Å²) in [6.07, 6.45) is 9.16. The van der Waals surface area contributed by atoms with E-state index in [1.165, 1.54) is 93.0 Å². The predicted octanol–water partition coefficient (Wildman–Crippen LogP) is 4.18. The Morgan fingerprint density at radius 2 is 1.24 bits per heavy atom. The number of hydrogen-bond acceptors (Lipinski definition) is 31. The van der Waals surface area contributed by atoms with Gasteiger partial charge in [0.25, 0.3) is 17.5 Å². The number of carboxylic acids is 1. The van der Waals surface area contributed by atoms with Crippen molar-refractivity contribution in [2.45, 2.75) is 114 Å². The molecule has 0 spiro atoms. The summed E-state index contributed by atoms with van der Waals surface area (Å²) in [6, 6.07) is 12.3.